The summed E-state index contributed by atoms with van der Waals surface area (Å²) in [5, 5.41) is 3.34. The number of hydrogen-bond donors (Lipinski definition) is 2. The van der Waals surface area contributed by atoms with Gasteiger partial charge in [-0.05, 0) is 48.7 Å². The number of fused-ring (bicyclic) bond motifs is 1. The summed E-state index contributed by atoms with van der Waals surface area (Å²) in [4.78, 5) is 39.0. The summed E-state index contributed by atoms with van der Waals surface area (Å²) in [6, 6.07) is 9.76. The van der Waals surface area contributed by atoms with Gasteiger partial charge in [0, 0.05) is 29.6 Å². The van der Waals surface area contributed by atoms with Crippen molar-refractivity contribution in [3.63, 3.8) is 0 Å². The Morgan fingerprint density at radius 1 is 1.14 bits per heavy atom. The number of aryl methyl sites for hydroxylation is 1. The molecule has 2 aromatic carbocycles. The lowest BCUT2D eigenvalue weighted by molar-refractivity contribution is -0.116. The summed E-state index contributed by atoms with van der Waals surface area (Å²) in [6.07, 6.45) is 1.79. The normalized spacial score (nSPS) is 10.8. The van der Waals surface area contributed by atoms with E-state index in [9.17, 15) is 18.8 Å². The third-order valence-corrected chi connectivity index (χ3v) is 4.63. The van der Waals surface area contributed by atoms with Gasteiger partial charge in [-0.25, -0.2) is 4.39 Å². The monoisotopic (exact) mass is 400 g/mol. The van der Waals surface area contributed by atoms with Gasteiger partial charge in [0.1, 0.15) is 17.2 Å². The molecule has 7 heteroatoms. The molecule has 1 heterocycles. The van der Waals surface area contributed by atoms with Crippen LogP contribution in [-0.4, -0.2) is 16.7 Å². The van der Waals surface area contributed by atoms with E-state index in [1.165, 1.54) is 25.3 Å². The number of aromatic nitrogens is 1. The van der Waals surface area contributed by atoms with Crippen LogP contribution in [0.15, 0.2) is 47.4 Å². The van der Waals surface area contributed by atoms with E-state index in [-0.39, 0.29) is 35.2 Å². The quantitative estimate of drug-likeness (QED) is 0.661. The molecule has 3 rings (SSSR count). The molecular formula is C21H18ClFN2O3. The molecule has 0 saturated carbocycles. The predicted molar refractivity (Wildman–Crippen MR) is 106 cm³/mol. The van der Waals surface area contributed by atoms with Crippen LogP contribution in [0.5, 0.6) is 0 Å². The highest BCUT2D eigenvalue weighted by atomic mass is 35.5. The number of pyridine rings is 1. The van der Waals surface area contributed by atoms with Crippen LogP contribution in [-0.2, 0) is 17.8 Å². The fourth-order valence-corrected chi connectivity index (χ4v) is 2.98. The molecule has 0 atom stereocenters. The number of halogens is 2. The Morgan fingerprint density at radius 2 is 1.86 bits per heavy atom. The number of rotatable bonds is 6. The van der Waals surface area contributed by atoms with Crippen molar-refractivity contribution in [3.05, 3.63) is 80.3 Å². The molecule has 1 aromatic heterocycles. The van der Waals surface area contributed by atoms with Crippen LogP contribution in [0.2, 0.25) is 5.02 Å². The highest BCUT2D eigenvalue weighted by molar-refractivity contribution is 6.30. The van der Waals surface area contributed by atoms with Crippen LogP contribution < -0.4 is 10.7 Å². The second kappa shape index (κ2) is 8.35. The molecule has 0 saturated heterocycles. The number of benzene rings is 2. The molecule has 0 spiro atoms. The fourth-order valence-electron chi connectivity index (χ4n) is 2.86. The molecule has 144 valence electrons. The van der Waals surface area contributed by atoms with E-state index in [1.54, 1.807) is 24.3 Å². The van der Waals surface area contributed by atoms with Crippen molar-refractivity contribution < 1.29 is 14.0 Å². The zero-order chi connectivity index (χ0) is 20.3. The zero-order valence-electron chi connectivity index (χ0n) is 15.1. The molecule has 0 fully saturated rings. The average Bonchev–Trinajstić information content (AvgIpc) is 2.66. The number of hydrogen-bond acceptors (Lipinski definition) is 3. The minimum atomic E-state index is -0.596. The van der Waals surface area contributed by atoms with Crippen LogP contribution in [0.25, 0.3) is 10.9 Å². The molecule has 0 radical (unpaired) electrons. The van der Waals surface area contributed by atoms with Crippen LogP contribution in [0, 0.1) is 5.82 Å². The van der Waals surface area contributed by atoms with Crippen molar-refractivity contribution in [3.8, 4) is 0 Å². The lowest BCUT2D eigenvalue weighted by atomic mass is 10.0. The molecule has 2 N–H and O–H groups in total. The number of carbonyl (C=O) groups is 2. The topological polar surface area (TPSA) is 79.0 Å². The highest BCUT2D eigenvalue weighted by Gasteiger charge is 2.15. The Kier molecular flexibility index (Phi) is 5.90. The van der Waals surface area contributed by atoms with E-state index in [4.69, 9.17) is 11.6 Å². The molecule has 3 aromatic rings. The number of amides is 1. The molecule has 1 amide bonds. The Labute approximate surface area is 165 Å². The first-order chi connectivity index (χ1) is 13.3. The van der Waals surface area contributed by atoms with Gasteiger partial charge in [0.15, 0.2) is 0 Å². The molecule has 0 bridgehead atoms. The first-order valence-corrected chi connectivity index (χ1v) is 9.09. The van der Waals surface area contributed by atoms with Gasteiger partial charge in [-0.3, -0.25) is 9.59 Å². The van der Waals surface area contributed by atoms with Crippen molar-refractivity contribution in [2.75, 3.05) is 0 Å². The summed E-state index contributed by atoms with van der Waals surface area (Å²) in [5.74, 6) is -1.18. The molecular weight excluding hydrogens is 383 g/mol. The smallest absolute Gasteiger partial charge is 0.257 e. The lowest BCUT2D eigenvalue weighted by Gasteiger charge is -2.08. The third kappa shape index (κ3) is 4.46. The van der Waals surface area contributed by atoms with Crippen molar-refractivity contribution in [2.45, 2.75) is 26.3 Å². The maximum atomic E-state index is 14.3. The Balaban J connectivity index is 1.87. The maximum absolute atomic E-state index is 14.3. The second-order valence-corrected chi connectivity index (χ2v) is 6.98. The van der Waals surface area contributed by atoms with E-state index in [0.29, 0.717) is 17.0 Å². The van der Waals surface area contributed by atoms with Crippen molar-refractivity contribution in [1.29, 1.82) is 0 Å². The zero-order valence-corrected chi connectivity index (χ0v) is 15.9. The van der Waals surface area contributed by atoms with Gasteiger partial charge in [0.2, 0.25) is 5.43 Å². The Bertz CT molecular complexity index is 1110. The van der Waals surface area contributed by atoms with E-state index >= 15 is 0 Å². The minimum Gasteiger partial charge on any atom is -0.358 e. The van der Waals surface area contributed by atoms with Gasteiger partial charge in [0.25, 0.3) is 5.91 Å². The number of aromatic amines is 1. The molecule has 0 aliphatic carbocycles. The van der Waals surface area contributed by atoms with E-state index in [2.05, 4.69) is 10.3 Å². The van der Waals surface area contributed by atoms with Gasteiger partial charge < -0.3 is 15.1 Å². The standard InChI is InChI=1S/C21H18ClFN2O3/c1-12(26)2-3-14-8-16-19(18(23)9-14)24-11-17(20(16)27)21(28)25-10-13-4-6-15(22)7-5-13/h4-9,11H,2-3,10H2,1H3,(H,24,27)(H,25,28). The fraction of sp³-hybridized carbons (Fsp3) is 0.190. The lowest BCUT2D eigenvalue weighted by Crippen LogP contribution is -2.28. The Morgan fingerprint density at radius 3 is 2.54 bits per heavy atom. The van der Waals surface area contributed by atoms with Crippen molar-refractivity contribution in [1.82, 2.24) is 10.3 Å². The summed E-state index contributed by atoms with van der Waals surface area (Å²) < 4.78 is 14.3. The number of nitrogens with one attached hydrogen (secondary N) is 2. The van der Waals surface area contributed by atoms with Crippen LogP contribution in [0.1, 0.15) is 34.8 Å². The van der Waals surface area contributed by atoms with Gasteiger partial charge in [-0.1, -0.05) is 23.7 Å². The Hall–Kier alpha value is -2.99. The third-order valence-electron chi connectivity index (χ3n) is 4.38. The number of H-pyrrole nitrogens is 1. The predicted octanol–water partition coefficient (Wildman–Crippen LogP) is 3.77. The molecule has 5 nitrogen and oxygen atoms in total. The van der Waals surface area contributed by atoms with E-state index < -0.39 is 17.2 Å². The van der Waals surface area contributed by atoms with Crippen molar-refractivity contribution >= 4 is 34.2 Å². The molecule has 0 aliphatic rings. The summed E-state index contributed by atoms with van der Waals surface area (Å²) in [7, 11) is 0. The van der Waals surface area contributed by atoms with Crippen LogP contribution >= 0.6 is 11.6 Å². The van der Waals surface area contributed by atoms with Crippen LogP contribution in [0.3, 0.4) is 0 Å². The summed E-state index contributed by atoms with van der Waals surface area (Å²) >= 11 is 5.83. The summed E-state index contributed by atoms with van der Waals surface area (Å²) in [5.41, 5.74) is 0.721. The van der Waals surface area contributed by atoms with Crippen molar-refractivity contribution in [2.24, 2.45) is 0 Å². The van der Waals surface area contributed by atoms with Gasteiger partial charge >= 0.3 is 0 Å². The number of carbonyl (C=O) groups excluding carboxylic acids is 2. The van der Waals surface area contributed by atoms with Gasteiger partial charge in [-0.15, -0.1) is 0 Å². The molecule has 0 aliphatic heterocycles. The number of Topliss-reactive ketones (excluding diaryl/α,β-unsaturated/α-hetero) is 1. The second-order valence-electron chi connectivity index (χ2n) is 6.54. The van der Waals surface area contributed by atoms with E-state index in [1.807, 2.05) is 0 Å². The average molecular weight is 401 g/mol. The van der Waals surface area contributed by atoms with Crippen LogP contribution in [0.4, 0.5) is 4.39 Å². The first kappa shape index (κ1) is 19.8. The highest BCUT2D eigenvalue weighted by Crippen LogP contribution is 2.17. The van der Waals surface area contributed by atoms with Gasteiger partial charge in [0.05, 0.1) is 5.52 Å². The maximum Gasteiger partial charge on any atom is 0.257 e. The van der Waals surface area contributed by atoms with Gasteiger partial charge in [-0.2, -0.15) is 0 Å². The molecule has 28 heavy (non-hydrogen) atoms. The molecule has 0 unspecified atom stereocenters. The number of ketones is 1. The SMILES string of the molecule is CC(=O)CCc1cc(F)c2[nH]cc(C(=O)NCc3ccc(Cl)cc3)c(=O)c2c1. The summed E-state index contributed by atoms with van der Waals surface area (Å²) in [6.45, 7) is 1.67. The van der Waals surface area contributed by atoms with E-state index in [0.717, 1.165) is 5.56 Å². The largest absolute Gasteiger partial charge is 0.358 e. The first-order valence-electron chi connectivity index (χ1n) is 8.71. The minimum absolute atomic E-state index is 0.0234.